The molecule has 1 rings (SSSR count). The second-order valence-electron chi connectivity index (χ2n) is 3.41. The number of nitrogens with zero attached hydrogens (tertiary/aromatic N) is 1. The molecule has 11 heavy (non-hydrogen) atoms. The molecule has 1 fully saturated rings. The van der Waals surface area contributed by atoms with E-state index in [1.54, 1.807) is 11.9 Å². The monoisotopic (exact) mass is 163 g/mol. The number of hydrogen-bond acceptors (Lipinski definition) is 1. The van der Waals surface area contributed by atoms with Gasteiger partial charge in [-0.1, -0.05) is 6.42 Å². The Morgan fingerprint density at radius 3 is 2.45 bits per heavy atom. The normalized spacial score (nSPS) is 19.4. The summed E-state index contributed by atoms with van der Waals surface area (Å²) in [6.45, 7) is 0.779. The summed E-state index contributed by atoms with van der Waals surface area (Å²) < 4.78 is 23.6. The summed E-state index contributed by atoms with van der Waals surface area (Å²) in [4.78, 5) is 1.73. The van der Waals surface area contributed by atoms with E-state index < -0.39 is 6.43 Å². The van der Waals surface area contributed by atoms with E-state index in [1.165, 1.54) is 19.3 Å². The Bertz CT molecular complexity index is 113. The minimum absolute atomic E-state index is 0.0729. The van der Waals surface area contributed by atoms with E-state index in [0.29, 0.717) is 5.92 Å². The average Bonchev–Trinajstić information content (AvgIpc) is 1.77. The molecule has 1 aliphatic carbocycles. The fourth-order valence-electron chi connectivity index (χ4n) is 1.43. The minimum Gasteiger partial charge on any atom is -0.301 e. The van der Waals surface area contributed by atoms with Crippen molar-refractivity contribution in [1.29, 1.82) is 0 Å². The maximum Gasteiger partial charge on any atom is 0.251 e. The molecule has 1 nitrogen and oxygen atoms in total. The summed E-state index contributed by atoms with van der Waals surface area (Å²) >= 11 is 0. The summed E-state index contributed by atoms with van der Waals surface area (Å²) in [6.07, 6.45) is 1.56. The number of alkyl halides is 2. The Morgan fingerprint density at radius 1 is 1.45 bits per heavy atom. The van der Waals surface area contributed by atoms with Crippen LogP contribution in [0, 0.1) is 5.92 Å². The zero-order valence-corrected chi connectivity index (χ0v) is 6.89. The van der Waals surface area contributed by atoms with Crippen LogP contribution in [-0.2, 0) is 0 Å². The van der Waals surface area contributed by atoms with Crippen LogP contribution in [-0.4, -0.2) is 31.5 Å². The molecule has 1 saturated carbocycles. The van der Waals surface area contributed by atoms with Gasteiger partial charge in [-0.05, 0) is 25.8 Å². The smallest absolute Gasteiger partial charge is 0.251 e. The molecule has 1 aliphatic rings. The van der Waals surface area contributed by atoms with Gasteiger partial charge in [0.1, 0.15) is 0 Å². The van der Waals surface area contributed by atoms with Crippen molar-refractivity contribution < 1.29 is 8.78 Å². The summed E-state index contributed by atoms with van der Waals surface area (Å²) in [6, 6.07) is 0. The SMILES string of the molecule is CN(CC(F)F)CC1CCC1. The Balaban J connectivity index is 2.04. The van der Waals surface area contributed by atoms with E-state index in [0.717, 1.165) is 6.54 Å². The molecule has 0 atom stereocenters. The predicted octanol–water partition coefficient (Wildman–Crippen LogP) is 1.98. The highest BCUT2D eigenvalue weighted by molar-refractivity contribution is 4.72. The summed E-state index contributed by atoms with van der Waals surface area (Å²) in [7, 11) is 1.77. The fraction of sp³-hybridized carbons (Fsp3) is 1.00. The first-order valence-electron chi connectivity index (χ1n) is 4.15. The van der Waals surface area contributed by atoms with Gasteiger partial charge in [0.25, 0.3) is 6.43 Å². The maximum atomic E-state index is 11.8. The summed E-state index contributed by atoms with van der Waals surface area (Å²) in [5.74, 6) is 0.693. The molecule has 0 aromatic carbocycles. The average molecular weight is 163 g/mol. The molecule has 0 N–H and O–H groups in total. The molecule has 0 aliphatic heterocycles. The molecule has 0 saturated heterocycles. The van der Waals surface area contributed by atoms with Crippen molar-refractivity contribution in [2.75, 3.05) is 20.1 Å². The Kier molecular flexibility index (Phi) is 3.24. The Labute approximate surface area is 66.4 Å². The third kappa shape index (κ3) is 3.14. The van der Waals surface area contributed by atoms with Gasteiger partial charge in [-0.3, -0.25) is 0 Å². The molecule has 0 aromatic rings. The van der Waals surface area contributed by atoms with E-state index in [2.05, 4.69) is 0 Å². The molecule has 3 heteroatoms. The minimum atomic E-state index is -2.18. The standard InChI is InChI=1S/C8H15F2N/c1-11(6-8(9)10)5-7-3-2-4-7/h7-8H,2-6H2,1H3. The molecule has 0 unspecified atom stereocenters. The van der Waals surface area contributed by atoms with Crippen molar-refractivity contribution in [1.82, 2.24) is 4.90 Å². The Hall–Kier alpha value is -0.180. The molecule has 0 spiro atoms. The van der Waals surface area contributed by atoms with Gasteiger partial charge in [-0.2, -0.15) is 0 Å². The van der Waals surface area contributed by atoms with E-state index >= 15 is 0 Å². The fourth-order valence-corrected chi connectivity index (χ4v) is 1.43. The van der Waals surface area contributed by atoms with Gasteiger partial charge < -0.3 is 4.90 Å². The molecule has 0 aromatic heterocycles. The molecule has 66 valence electrons. The molecule has 0 radical (unpaired) electrons. The predicted molar refractivity (Wildman–Crippen MR) is 40.8 cm³/mol. The van der Waals surface area contributed by atoms with Gasteiger partial charge in [0, 0.05) is 6.54 Å². The van der Waals surface area contributed by atoms with E-state index in [4.69, 9.17) is 0 Å². The van der Waals surface area contributed by atoms with Crippen molar-refractivity contribution >= 4 is 0 Å². The second-order valence-corrected chi connectivity index (χ2v) is 3.41. The van der Waals surface area contributed by atoms with Crippen LogP contribution in [0.4, 0.5) is 8.78 Å². The summed E-state index contributed by atoms with van der Waals surface area (Å²) in [5.41, 5.74) is 0. The van der Waals surface area contributed by atoms with Crippen LogP contribution >= 0.6 is 0 Å². The largest absolute Gasteiger partial charge is 0.301 e. The Morgan fingerprint density at radius 2 is 2.09 bits per heavy atom. The van der Waals surface area contributed by atoms with Crippen molar-refractivity contribution in [2.24, 2.45) is 5.92 Å². The van der Waals surface area contributed by atoms with Gasteiger partial charge in [0.05, 0.1) is 6.54 Å². The van der Waals surface area contributed by atoms with Crippen LogP contribution < -0.4 is 0 Å². The van der Waals surface area contributed by atoms with Gasteiger partial charge in [-0.25, -0.2) is 8.78 Å². The first-order chi connectivity index (χ1) is 5.18. The highest BCUT2D eigenvalue weighted by atomic mass is 19.3. The zero-order chi connectivity index (χ0) is 8.27. The third-order valence-corrected chi connectivity index (χ3v) is 2.24. The van der Waals surface area contributed by atoms with Crippen LogP contribution in [0.25, 0.3) is 0 Å². The first kappa shape index (κ1) is 8.91. The lowest BCUT2D eigenvalue weighted by Gasteiger charge is -2.29. The third-order valence-electron chi connectivity index (χ3n) is 2.24. The van der Waals surface area contributed by atoms with Crippen molar-refractivity contribution in [3.63, 3.8) is 0 Å². The quantitative estimate of drug-likeness (QED) is 0.612. The van der Waals surface area contributed by atoms with Gasteiger partial charge >= 0.3 is 0 Å². The number of halogens is 2. The lowest BCUT2D eigenvalue weighted by Crippen LogP contribution is -2.32. The molecule has 0 bridgehead atoms. The van der Waals surface area contributed by atoms with E-state index in [9.17, 15) is 8.78 Å². The summed E-state index contributed by atoms with van der Waals surface area (Å²) in [5, 5.41) is 0. The number of hydrogen-bond donors (Lipinski definition) is 0. The second kappa shape index (κ2) is 4.00. The van der Waals surface area contributed by atoms with Gasteiger partial charge in [-0.15, -0.1) is 0 Å². The maximum absolute atomic E-state index is 11.8. The molecular formula is C8H15F2N. The topological polar surface area (TPSA) is 3.24 Å². The molecular weight excluding hydrogens is 148 g/mol. The van der Waals surface area contributed by atoms with Crippen molar-refractivity contribution in [2.45, 2.75) is 25.7 Å². The lowest BCUT2D eigenvalue weighted by atomic mass is 9.85. The van der Waals surface area contributed by atoms with Crippen molar-refractivity contribution in [3.8, 4) is 0 Å². The number of rotatable bonds is 4. The van der Waals surface area contributed by atoms with E-state index in [1.807, 2.05) is 0 Å². The lowest BCUT2D eigenvalue weighted by molar-refractivity contribution is 0.0847. The van der Waals surface area contributed by atoms with Gasteiger partial charge in [0.15, 0.2) is 0 Å². The highest BCUT2D eigenvalue weighted by Gasteiger charge is 2.19. The van der Waals surface area contributed by atoms with Crippen LogP contribution in [0.1, 0.15) is 19.3 Å². The zero-order valence-electron chi connectivity index (χ0n) is 6.89. The van der Waals surface area contributed by atoms with Crippen molar-refractivity contribution in [3.05, 3.63) is 0 Å². The van der Waals surface area contributed by atoms with Crippen LogP contribution in [0.15, 0.2) is 0 Å². The molecule has 0 heterocycles. The van der Waals surface area contributed by atoms with Crippen LogP contribution in [0.5, 0.6) is 0 Å². The highest BCUT2D eigenvalue weighted by Crippen LogP contribution is 2.26. The van der Waals surface area contributed by atoms with Crippen LogP contribution in [0.3, 0.4) is 0 Å². The first-order valence-corrected chi connectivity index (χ1v) is 4.15. The molecule has 0 amide bonds. The van der Waals surface area contributed by atoms with E-state index in [-0.39, 0.29) is 6.54 Å². The van der Waals surface area contributed by atoms with Crippen LogP contribution in [0.2, 0.25) is 0 Å². The van der Waals surface area contributed by atoms with Gasteiger partial charge in [0.2, 0.25) is 0 Å².